The maximum Gasteiger partial charge on any atom is 0.294 e. The molecule has 1 aromatic carbocycles. The van der Waals surface area contributed by atoms with Crippen LogP contribution in [0, 0.1) is 17.0 Å². The highest BCUT2D eigenvalue weighted by molar-refractivity contribution is 5.52. The molecule has 0 amide bonds. The van der Waals surface area contributed by atoms with Gasteiger partial charge in [-0.1, -0.05) is 11.3 Å². The van der Waals surface area contributed by atoms with Gasteiger partial charge in [-0.2, -0.15) is 0 Å². The lowest BCUT2D eigenvalue weighted by Crippen LogP contribution is -2.13. The molecule has 8 heteroatoms. The zero-order valence-corrected chi connectivity index (χ0v) is 9.94. The number of ether oxygens (including phenoxy) is 1. The standard InChI is InChI=1S/C10H12N4O4/c1-8-3-4-9(14(16)17)5-10(8)11-12-13(2)6-18-7-15/h3-5,7H,6H2,1-2H3. The summed E-state index contributed by atoms with van der Waals surface area (Å²) in [5.74, 6) is 0. The average Bonchev–Trinajstić information content (AvgIpc) is 2.35. The third-order valence-electron chi connectivity index (χ3n) is 2.04. The molecule has 0 aliphatic carbocycles. The van der Waals surface area contributed by atoms with Gasteiger partial charge in [0, 0.05) is 19.2 Å². The lowest BCUT2D eigenvalue weighted by molar-refractivity contribution is -0.384. The first-order chi connectivity index (χ1) is 8.54. The molecule has 0 atom stereocenters. The van der Waals surface area contributed by atoms with Crippen LogP contribution in [-0.4, -0.2) is 30.2 Å². The van der Waals surface area contributed by atoms with Crippen molar-refractivity contribution >= 4 is 17.8 Å². The van der Waals surface area contributed by atoms with Crippen molar-refractivity contribution in [3.05, 3.63) is 33.9 Å². The van der Waals surface area contributed by atoms with Gasteiger partial charge < -0.3 is 4.74 Å². The van der Waals surface area contributed by atoms with Gasteiger partial charge in [-0.05, 0) is 12.5 Å². The quantitative estimate of drug-likeness (QED) is 0.253. The van der Waals surface area contributed by atoms with E-state index in [1.807, 2.05) is 0 Å². The van der Waals surface area contributed by atoms with Crippen molar-refractivity contribution in [1.29, 1.82) is 0 Å². The van der Waals surface area contributed by atoms with E-state index in [9.17, 15) is 14.9 Å². The largest absolute Gasteiger partial charge is 0.445 e. The van der Waals surface area contributed by atoms with E-state index in [-0.39, 0.29) is 12.4 Å². The molecule has 0 unspecified atom stereocenters. The molecule has 0 fully saturated rings. The fourth-order valence-corrected chi connectivity index (χ4v) is 1.11. The molecule has 96 valence electrons. The SMILES string of the molecule is Cc1ccc([N+](=O)[O-])cc1N=NN(C)COC=O. The monoisotopic (exact) mass is 252 g/mol. The van der Waals surface area contributed by atoms with Crippen LogP contribution < -0.4 is 0 Å². The number of carbonyl (C=O) groups is 1. The van der Waals surface area contributed by atoms with Crippen LogP contribution in [-0.2, 0) is 9.53 Å². The second kappa shape index (κ2) is 6.28. The zero-order chi connectivity index (χ0) is 13.5. The number of benzene rings is 1. The number of nitro groups is 1. The number of aryl methyl sites for hydroxylation is 1. The van der Waals surface area contributed by atoms with Crippen LogP contribution in [0.3, 0.4) is 0 Å². The summed E-state index contributed by atoms with van der Waals surface area (Å²) >= 11 is 0. The predicted octanol–water partition coefficient (Wildman–Crippen LogP) is 1.96. The van der Waals surface area contributed by atoms with Crippen molar-refractivity contribution in [3.8, 4) is 0 Å². The van der Waals surface area contributed by atoms with E-state index in [1.54, 1.807) is 20.0 Å². The molecule has 0 heterocycles. The first kappa shape index (κ1) is 13.6. The smallest absolute Gasteiger partial charge is 0.294 e. The van der Waals surface area contributed by atoms with Gasteiger partial charge in [0.2, 0.25) is 0 Å². The Labute approximate surface area is 103 Å². The van der Waals surface area contributed by atoms with Crippen LogP contribution in [0.4, 0.5) is 11.4 Å². The number of hydrogen-bond acceptors (Lipinski definition) is 6. The highest BCUT2D eigenvalue weighted by atomic mass is 16.6. The van der Waals surface area contributed by atoms with E-state index in [0.29, 0.717) is 12.2 Å². The van der Waals surface area contributed by atoms with Crippen molar-refractivity contribution < 1.29 is 14.5 Å². The maximum atomic E-state index is 10.6. The molecule has 1 aromatic rings. The van der Waals surface area contributed by atoms with Crippen LogP contribution >= 0.6 is 0 Å². The molecule has 8 nitrogen and oxygen atoms in total. The number of carbonyl (C=O) groups excluding carboxylic acids is 1. The molecular weight excluding hydrogens is 240 g/mol. The van der Waals surface area contributed by atoms with E-state index in [0.717, 1.165) is 5.56 Å². The maximum absolute atomic E-state index is 10.6. The topological polar surface area (TPSA) is 97.4 Å². The van der Waals surface area contributed by atoms with E-state index < -0.39 is 4.92 Å². The first-order valence-corrected chi connectivity index (χ1v) is 4.97. The summed E-state index contributed by atoms with van der Waals surface area (Å²) in [4.78, 5) is 20.1. The van der Waals surface area contributed by atoms with Crippen molar-refractivity contribution in [3.63, 3.8) is 0 Å². The Kier molecular flexibility index (Phi) is 4.73. The molecule has 0 saturated heterocycles. The van der Waals surface area contributed by atoms with Crippen molar-refractivity contribution in [2.45, 2.75) is 6.92 Å². The molecule has 0 aliphatic rings. The summed E-state index contributed by atoms with van der Waals surface area (Å²) in [6.45, 7) is 2.02. The molecule has 0 aliphatic heterocycles. The summed E-state index contributed by atoms with van der Waals surface area (Å²) in [7, 11) is 1.56. The van der Waals surface area contributed by atoms with Crippen LogP contribution in [0.25, 0.3) is 0 Å². The molecule has 1 rings (SSSR count). The van der Waals surface area contributed by atoms with Crippen molar-refractivity contribution in [2.75, 3.05) is 13.8 Å². The summed E-state index contributed by atoms with van der Waals surface area (Å²) in [5, 5.41) is 19.5. The fraction of sp³-hybridized carbons (Fsp3) is 0.300. The molecular formula is C10H12N4O4. The molecule has 0 N–H and O–H groups in total. The number of rotatable bonds is 6. The minimum Gasteiger partial charge on any atom is -0.445 e. The third kappa shape index (κ3) is 3.81. The van der Waals surface area contributed by atoms with Gasteiger partial charge in [0.25, 0.3) is 12.2 Å². The minimum absolute atomic E-state index is 0.0407. The highest BCUT2D eigenvalue weighted by Gasteiger charge is 2.08. The fourth-order valence-electron chi connectivity index (χ4n) is 1.11. The van der Waals surface area contributed by atoms with Crippen molar-refractivity contribution in [1.82, 2.24) is 5.01 Å². The number of nitro benzene ring substituents is 1. The van der Waals surface area contributed by atoms with E-state index in [2.05, 4.69) is 15.1 Å². The zero-order valence-electron chi connectivity index (χ0n) is 9.94. The molecule has 18 heavy (non-hydrogen) atoms. The lowest BCUT2D eigenvalue weighted by atomic mass is 10.2. The van der Waals surface area contributed by atoms with E-state index in [1.165, 1.54) is 17.1 Å². The minimum atomic E-state index is -0.502. The van der Waals surface area contributed by atoms with Gasteiger partial charge in [0.1, 0.15) is 0 Å². The van der Waals surface area contributed by atoms with Gasteiger partial charge in [-0.15, -0.1) is 5.11 Å². The Morgan fingerprint density at radius 3 is 2.89 bits per heavy atom. The number of nitrogens with zero attached hydrogens (tertiary/aromatic N) is 4. The summed E-state index contributed by atoms with van der Waals surface area (Å²) < 4.78 is 4.46. The third-order valence-corrected chi connectivity index (χ3v) is 2.04. The van der Waals surface area contributed by atoms with Gasteiger partial charge >= 0.3 is 0 Å². The summed E-state index contributed by atoms with van der Waals surface area (Å²) in [6.07, 6.45) is 0. The first-order valence-electron chi connectivity index (χ1n) is 4.97. The van der Waals surface area contributed by atoms with E-state index in [4.69, 9.17) is 0 Å². The summed E-state index contributed by atoms with van der Waals surface area (Å²) in [5.41, 5.74) is 1.09. The second-order valence-corrected chi connectivity index (χ2v) is 3.47. The Bertz CT molecular complexity index is 475. The van der Waals surface area contributed by atoms with Crippen LogP contribution in [0.15, 0.2) is 28.5 Å². The molecule has 0 saturated carbocycles. The Balaban J connectivity index is 2.82. The number of hydrogen-bond donors (Lipinski definition) is 0. The van der Waals surface area contributed by atoms with Crippen molar-refractivity contribution in [2.24, 2.45) is 10.3 Å². The number of non-ortho nitro benzene ring substituents is 1. The van der Waals surface area contributed by atoms with Gasteiger partial charge in [0.05, 0.1) is 10.6 Å². The molecule has 0 radical (unpaired) electrons. The van der Waals surface area contributed by atoms with Gasteiger partial charge in [-0.3, -0.25) is 14.9 Å². The van der Waals surface area contributed by atoms with E-state index >= 15 is 0 Å². The predicted molar refractivity (Wildman–Crippen MR) is 62.1 cm³/mol. The van der Waals surface area contributed by atoms with Gasteiger partial charge in [0.15, 0.2) is 6.73 Å². The second-order valence-electron chi connectivity index (χ2n) is 3.47. The molecule has 0 aromatic heterocycles. The molecule has 0 spiro atoms. The Hall–Kier alpha value is -2.51. The average molecular weight is 252 g/mol. The lowest BCUT2D eigenvalue weighted by Gasteiger charge is -2.08. The van der Waals surface area contributed by atoms with Crippen LogP contribution in [0.1, 0.15) is 5.56 Å². The van der Waals surface area contributed by atoms with Gasteiger partial charge in [-0.25, -0.2) is 5.01 Å². The Morgan fingerprint density at radius 2 is 2.28 bits per heavy atom. The highest BCUT2D eigenvalue weighted by Crippen LogP contribution is 2.24. The van der Waals surface area contributed by atoms with Crippen LogP contribution in [0.5, 0.6) is 0 Å². The normalized spacial score (nSPS) is 10.3. The molecule has 0 bridgehead atoms. The van der Waals surface area contributed by atoms with Crippen LogP contribution in [0.2, 0.25) is 0 Å². The Morgan fingerprint density at radius 1 is 1.56 bits per heavy atom. The summed E-state index contributed by atoms with van der Waals surface area (Å²) in [6, 6.07) is 4.31.